The van der Waals surface area contributed by atoms with Crippen molar-refractivity contribution in [3.63, 3.8) is 0 Å². The summed E-state index contributed by atoms with van der Waals surface area (Å²) in [5.74, 6) is -0.148. The molecule has 2 amide bonds. The highest BCUT2D eigenvalue weighted by molar-refractivity contribution is 5.95. The van der Waals surface area contributed by atoms with Crippen LogP contribution in [0.1, 0.15) is 13.3 Å². The van der Waals surface area contributed by atoms with E-state index in [1.54, 1.807) is 19.4 Å². The van der Waals surface area contributed by atoms with Crippen LogP contribution in [0.25, 0.3) is 0 Å². The van der Waals surface area contributed by atoms with Gasteiger partial charge in [-0.1, -0.05) is 0 Å². The third kappa shape index (κ3) is 3.11. The van der Waals surface area contributed by atoms with Crippen molar-refractivity contribution in [3.05, 3.63) is 12.4 Å². The minimum absolute atomic E-state index is 0.0167. The summed E-state index contributed by atoms with van der Waals surface area (Å²) in [6.07, 6.45) is 4.02. The van der Waals surface area contributed by atoms with Crippen molar-refractivity contribution in [2.45, 2.75) is 19.9 Å². The minimum Gasteiger partial charge on any atom is -0.358 e. The van der Waals surface area contributed by atoms with Gasteiger partial charge < -0.3 is 16.0 Å². The van der Waals surface area contributed by atoms with Gasteiger partial charge in [-0.15, -0.1) is 0 Å². The van der Waals surface area contributed by atoms with Crippen LogP contribution in [-0.2, 0) is 16.1 Å². The van der Waals surface area contributed by atoms with E-state index < -0.39 is 0 Å². The van der Waals surface area contributed by atoms with E-state index in [0.29, 0.717) is 12.2 Å². The van der Waals surface area contributed by atoms with E-state index in [2.05, 4.69) is 21.0 Å². The predicted octanol–water partition coefficient (Wildman–Crippen LogP) is -0.433. The van der Waals surface area contributed by atoms with Crippen molar-refractivity contribution in [2.24, 2.45) is 5.41 Å². The second-order valence-electron chi connectivity index (χ2n) is 5.04. The maximum atomic E-state index is 12.2. The van der Waals surface area contributed by atoms with E-state index in [-0.39, 0.29) is 23.8 Å². The Hall–Kier alpha value is -1.89. The second-order valence-corrected chi connectivity index (χ2v) is 5.04. The largest absolute Gasteiger partial charge is 0.358 e. The van der Waals surface area contributed by atoms with E-state index in [4.69, 9.17) is 0 Å². The maximum Gasteiger partial charge on any atom is 0.241 e. The Morgan fingerprint density at radius 3 is 3.00 bits per heavy atom. The number of anilines is 1. The second kappa shape index (κ2) is 5.40. The van der Waals surface area contributed by atoms with Crippen LogP contribution >= 0.6 is 0 Å². The van der Waals surface area contributed by atoms with Gasteiger partial charge in [0, 0.05) is 19.8 Å². The molecular formula is C12H19N5O2. The molecule has 104 valence electrons. The Morgan fingerprint density at radius 1 is 1.58 bits per heavy atom. The van der Waals surface area contributed by atoms with Crippen molar-refractivity contribution in [3.8, 4) is 0 Å². The molecular weight excluding hydrogens is 246 g/mol. The molecule has 0 saturated carbocycles. The number of carbonyl (C=O) groups is 2. The molecule has 1 aromatic rings. The van der Waals surface area contributed by atoms with Crippen LogP contribution in [0.15, 0.2) is 12.4 Å². The summed E-state index contributed by atoms with van der Waals surface area (Å²) in [7, 11) is 1.57. The molecule has 1 aliphatic heterocycles. The van der Waals surface area contributed by atoms with Gasteiger partial charge in [-0.3, -0.25) is 14.3 Å². The van der Waals surface area contributed by atoms with E-state index >= 15 is 0 Å². The summed E-state index contributed by atoms with van der Waals surface area (Å²) in [6, 6.07) is 0. The SMILES string of the molecule is CNC(=O)Cn1cc(NC(=O)C2(C)CCNC2)cn1. The molecule has 2 rings (SSSR count). The monoisotopic (exact) mass is 265 g/mol. The maximum absolute atomic E-state index is 12.2. The first-order valence-corrected chi connectivity index (χ1v) is 6.29. The molecule has 1 fully saturated rings. The standard InChI is InChI=1S/C12H19N5O2/c1-12(3-4-14-8-12)11(19)16-9-5-15-17(6-9)7-10(18)13-2/h5-6,14H,3-4,7-8H2,1-2H3,(H,13,18)(H,16,19). The zero-order valence-corrected chi connectivity index (χ0v) is 11.2. The Balaban J connectivity index is 1.96. The molecule has 1 saturated heterocycles. The smallest absolute Gasteiger partial charge is 0.241 e. The lowest BCUT2D eigenvalue weighted by atomic mass is 9.89. The molecule has 1 aromatic heterocycles. The van der Waals surface area contributed by atoms with E-state index in [1.165, 1.54) is 4.68 Å². The van der Waals surface area contributed by atoms with Crippen LogP contribution in [0.5, 0.6) is 0 Å². The quantitative estimate of drug-likeness (QED) is 0.689. The topological polar surface area (TPSA) is 88.0 Å². The molecule has 7 heteroatoms. The van der Waals surface area contributed by atoms with Crippen LogP contribution < -0.4 is 16.0 Å². The number of hydrogen-bond acceptors (Lipinski definition) is 4. The number of carbonyl (C=O) groups excluding carboxylic acids is 2. The Labute approximate surface area is 111 Å². The summed E-state index contributed by atoms with van der Waals surface area (Å²) in [5, 5.41) is 12.6. The zero-order chi connectivity index (χ0) is 13.9. The lowest BCUT2D eigenvalue weighted by molar-refractivity contribution is -0.124. The number of hydrogen-bond donors (Lipinski definition) is 3. The van der Waals surface area contributed by atoms with Crippen molar-refractivity contribution < 1.29 is 9.59 Å². The Morgan fingerprint density at radius 2 is 2.37 bits per heavy atom. The first-order chi connectivity index (χ1) is 9.03. The van der Waals surface area contributed by atoms with Crippen LogP contribution in [0, 0.1) is 5.41 Å². The lowest BCUT2D eigenvalue weighted by Crippen LogP contribution is -2.35. The molecule has 0 radical (unpaired) electrons. The van der Waals surface area contributed by atoms with Crippen LogP contribution in [0.3, 0.4) is 0 Å². The van der Waals surface area contributed by atoms with E-state index in [9.17, 15) is 9.59 Å². The molecule has 0 spiro atoms. The molecule has 3 N–H and O–H groups in total. The van der Waals surface area contributed by atoms with Crippen molar-refractivity contribution in [1.82, 2.24) is 20.4 Å². The summed E-state index contributed by atoms with van der Waals surface area (Å²) < 4.78 is 1.49. The van der Waals surface area contributed by atoms with Crippen molar-refractivity contribution >= 4 is 17.5 Å². The van der Waals surface area contributed by atoms with Gasteiger partial charge in [0.1, 0.15) is 6.54 Å². The first kappa shape index (κ1) is 13.5. The molecule has 1 aliphatic rings. The number of aromatic nitrogens is 2. The van der Waals surface area contributed by atoms with E-state index in [1.807, 2.05) is 6.92 Å². The number of nitrogens with one attached hydrogen (secondary N) is 3. The third-order valence-corrected chi connectivity index (χ3v) is 3.39. The number of nitrogens with zero attached hydrogens (tertiary/aromatic N) is 2. The summed E-state index contributed by atoms with van der Waals surface area (Å²) in [4.78, 5) is 23.4. The van der Waals surface area contributed by atoms with E-state index in [0.717, 1.165) is 13.0 Å². The summed E-state index contributed by atoms with van der Waals surface area (Å²) >= 11 is 0. The number of likely N-dealkylation sites (N-methyl/N-ethyl adjacent to an activating group) is 1. The fourth-order valence-corrected chi connectivity index (χ4v) is 2.03. The van der Waals surface area contributed by atoms with Gasteiger partial charge in [0.15, 0.2) is 0 Å². The molecule has 0 aromatic carbocycles. The highest BCUT2D eigenvalue weighted by Gasteiger charge is 2.36. The molecule has 1 unspecified atom stereocenters. The fourth-order valence-electron chi connectivity index (χ4n) is 2.03. The number of amides is 2. The van der Waals surface area contributed by atoms with Gasteiger partial charge in [-0.25, -0.2) is 0 Å². The molecule has 19 heavy (non-hydrogen) atoms. The van der Waals surface area contributed by atoms with Gasteiger partial charge in [-0.05, 0) is 19.9 Å². The average molecular weight is 265 g/mol. The molecule has 0 bridgehead atoms. The van der Waals surface area contributed by atoms with Gasteiger partial charge in [0.25, 0.3) is 0 Å². The average Bonchev–Trinajstić information content (AvgIpc) is 2.99. The molecule has 0 aliphatic carbocycles. The fraction of sp³-hybridized carbons (Fsp3) is 0.583. The number of rotatable bonds is 4. The molecule has 2 heterocycles. The summed E-state index contributed by atoms with van der Waals surface area (Å²) in [5.41, 5.74) is 0.241. The summed E-state index contributed by atoms with van der Waals surface area (Å²) in [6.45, 7) is 3.63. The highest BCUT2D eigenvalue weighted by Crippen LogP contribution is 2.26. The van der Waals surface area contributed by atoms with Gasteiger partial charge >= 0.3 is 0 Å². The van der Waals surface area contributed by atoms with Crippen LogP contribution in [0.4, 0.5) is 5.69 Å². The van der Waals surface area contributed by atoms with Crippen LogP contribution in [0.2, 0.25) is 0 Å². The third-order valence-electron chi connectivity index (χ3n) is 3.39. The molecule has 1 atom stereocenters. The van der Waals surface area contributed by atoms with Gasteiger partial charge in [0.05, 0.1) is 17.3 Å². The zero-order valence-electron chi connectivity index (χ0n) is 11.2. The lowest BCUT2D eigenvalue weighted by Gasteiger charge is -2.20. The highest BCUT2D eigenvalue weighted by atomic mass is 16.2. The Kier molecular flexibility index (Phi) is 3.84. The minimum atomic E-state index is -0.372. The predicted molar refractivity (Wildman–Crippen MR) is 70.5 cm³/mol. The van der Waals surface area contributed by atoms with Crippen LogP contribution in [-0.4, -0.2) is 41.7 Å². The van der Waals surface area contributed by atoms with Crippen molar-refractivity contribution in [2.75, 3.05) is 25.5 Å². The Bertz CT molecular complexity index is 476. The first-order valence-electron chi connectivity index (χ1n) is 6.29. The normalized spacial score (nSPS) is 22.2. The van der Waals surface area contributed by atoms with Gasteiger partial charge in [0.2, 0.25) is 11.8 Å². The van der Waals surface area contributed by atoms with Crippen molar-refractivity contribution in [1.29, 1.82) is 0 Å². The van der Waals surface area contributed by atoms with Gasteiger partial charge in [-0.2, -0.15) is 5.10 Å². The molecule has 7 nitrogen and oxygen atoms in total.